The number of amides is 2. The number of methoxy groups -OCH3 is 3. The molecule has 0 unspecified atom stereocenters. The summed E-state index contributed by atoms with van der Waals surface area (Å²) in [5.74, 6) is -0.142. The normalized spacial score (nSPS) is 10.9. The zero-order valence-corrected chi connectivity index (χ0v) is 70.2. The molecule has 0 fully saturated rings. The van der Waals surface area contributed by atoms with Gasteiger partial charge in [-0.3, -0.25) is 19.2 Å². The highest BCUT2D eigenvalue weighted by Gasteiger charge is 2.38. The van der Waals surface area contributed by atoms with Crippen LogP contribution in [0.5, 0.6) is 17.2 Å². The molecule has 0 aliphatic carbocycles. The van der Waals surface area contributed by atoms with Crippen LogP contribution < -0.4 is 72.5 Å². The molecule has 0 spiro atoms. The Morgan fingerprint density at radius 3 is 1.14 bits per heavy atom. The number of halogens is 10. The van der Waals surface area contributed by atoms with Crippen molar-refractivity contribution in [3.63, 3.8) is 0 Å². The van der Waals surface area contributed by atoms with Crippen LogP contribution in [0.4, 0.5) is 138 Å². The number of nitrogens with zero attached hydrogens (tertiary/aromatic N) is 8. The summed E-state index contributed by atoms with van der Waals surface area (Å²) in [4.78, 5) is 79.5. The van der Waals surface area contributed by atoms with E-state index in [9.17, 15) is 67.1 Å². The molecule has 0 atom stereocenters. The first-order valence-electron chi connectivity index (χ1n) is 37.4. The third-order valence-electron chi connectivity index (χ3n) is 16.8. The third kappa shape index (κ3) is 29.5. The van der Waals surface area contributed by atoms with Crippen molar-refractivity contribution >= 4 is 143 Å². The number of anilines is 17. The number of nitrogens with one attached hydrogen (secondary N) is 10. The number of rotatable bonds is 29. The van der Waals surface area contributed by atoms with E-state index in [1.54, 1.807) is 172 Å². The second-order valence-corrected chi connectivity index (χ2v) is 29.2. The number of hydrogen-bond donors (Lipinski definition) is 11. The first kappa shape index (κ1) is 95.5. The molecule has 127 heavy (non-hydrogen) atoms. The van der Waals surface area contributed by atoms with Gasteiger partial charge in [-0.2, -0.15) is 59.4 Å². The topological polar surface area (TPSA) is 380 Å². The minimum absolute atomic E-state index is 0.0131. The van der Waals surface area contributed by atoms with Crippen LogP contribution in [0.1, 0.15) is 76.2 Å². The van der Waals surface area contributed by atoms with Crippen molar-refractivity contribution in [2.45, 2.75) is 64.6 Å². The predicted molar refractivity (Wildman–Crippen MR) is 470 cm³/mol. The van der Waals surface area contributed by atoms with Crippen LogP contribution in [0, 0.1) is 6.92 Å². The smallest absolute Gasteiger partial charge is 0.421 e. The van der Waals surface area contributed by atoms with Gasteiger partial charge in [-0.25, -0.2) is 33.5 Å². The Kier molecular flexibility index (Phi) is 32.8. The molecule has 4 aromatic heterocycles. The lowest BCUT2D eigenvalue weighted by Gasteiger charge is -2.16. The molecule has 658 valence electrons. The molecule has 0 aliphatic heterocycles. The molecule has 12 rings (SSSR count). The van der Waals surface area contributed by atoms with Crippen LogP contribution in [-0.4, -0.2) is 93.0 Å². The number of hydrogen-bond acceptors (Lipinski definition) is 25. The van der Waals surface area contributed by atoms with Gasteiger partial charge in [0.25, 0.3) is 0 Å². The van der Waals surface area contributed by atoms with Crippen molar-refractivity contribution < 1.29 is 81.3 Å². The number of carbonyl (C=O) groups is 4. The van der Waals surface area contributed by atoms with Crippen molar-refractivity contribution in [3.8, 4) is 17.2 Å². The van der Waals surface area contributed by atoms with E-state index < -0.39 is 68.6 Å². The second kappa shape index (κ2) is 43.6. The average Bonchev–Trinajstić information content (AvgIpc) is 0.810. The summed E-state index contributed by atoms with van der Waals surface area (Å²) in [6.07, 6.45) is -5.08. The Balaban J connectivity index is 0.000000191. The fourth-order valence-corrected chi connectivity index (χ4v) is 11.6. The van der Waals surface area contributed by atoms with E-state index >= 15 is 0 Å². The van der Waals surface area contributed by atoms with Crippen LogP contribution in [0.3, 0.4) is 0 Å². The molecule has 2 amide bonds. The highest BCUT2D eigenvalue weighted by atomic mass is 35.5. The number of ether oxygens (including phenoxy) is 3. The molecule has 12 aromatic rings. The van der Waals surface area contributed by atoms with Gasteiger partial charge in [0.15, 0.2) is 11.6 Å². The van der Waals surface area contributed by atoms with Gasteiger partial charge in [0.05, 0.1) is 36.9 Å². The van der Waals surface area contributed by atoms with Crippen molar-refractivity contribution in [2.24, 2.45) is 5.14 Å². The third-order valence-corrected chi connectivity index (χ3v) is 18.1. The van der Waals surface area contributed by atoms with Crippen molar-refractivity contribution in [1.82, 2.24) is 45.2 Å². The van der Waals surface area contributed by atoms with E-state index in [2.05, 4.69) is 106 Å². The molecule has 0 saturated heterocycles. The van der Waals surface area contributed by atoms with Crippen molar-refractivity contribution in [1.29, 1.82) is 0 Å². The molecule has 0 radical (unpaired) electrons. The van der Waals surface area contributed by atoms with Gasteiger partial charge in [-0.15, -0.1) is 0 Å². The maximum atomic E-state index is 13.5. The number of ketones is 2. The van der Waals surface area contributed by atoms with Crippen LogP contribution >= 0.6 is 11.6 Å². The van der Waals surface area contributed by atoms with Gasteiger partial charge in [0.1, 0.15) is 57.2 Å². The number of carbonyl (C=O) groups excluding carboxylic acids is 4. The number of alkyl halides is 9. The molecule has 28 nitrogen and oxygen atoms in total. The lowest BCUT2D eigenvalue weighted by molar-refractivity contribution is -0.138. The number of allylic oxidation sites excluding steroid dienone is 4. The highest BCUT2D eigenvalue weighted by molar-refractivity contribution is 7.89. The minimum Gasteiger partial charge on any atom is -0.497 e. The van der Waals surface area contributed by atoms with Crippen LogP contribution in [0.25, 0.3) is 0 Å². The first-order chi connectivity index (χ1) is 60.2. The maximum absolute atomic E-state index is 13.5. The van der Waals surface area contributed by atoms with Crippen LogP contribution in [0.2, 0.25) is 5.02 Å². The fraction of sp³-hybridized carbons (Fsp3) is 0.136. The Hall–Kier alpha value is -15.3. The minimum atomic E-state index is -4.71. The van der Waals surface area contributed by atoms with Gasteiger partial charge in [-0.1, -0.05) is 96.6 Å². The average molecular weight is 1790 g/mol. The van der Waals surface area contributed by atoms with E-state index in [1.165, 1.54) is 63.8 Å². The van der Waals surface area contributed by atoms with E-state index in [-0.39, 0.29) is 74.8 Å². The molecule has 0 saturated carbocycles. The Morgan fingerprint density at radius 1 is 0.425 bits per heavy atom. The van der Waals surface area contributed by atoms with Crippen LogP contribution in [-0.2, 0) is 44.7 Å². The van der Waals surface area contributed by atoms with Crippen LogP contribution in [0.15, 0.2) is 266 Å². The molecule has 12 N–H and O–H groups in total. The van der Waals surface area contributed by atoms with Crippen molar-refractivity contribution in [2.75, 3.05) is 69.2 Å². The second-order valence-electron chi connectivity index (χ2n) is 27.2. The van der Waals surface area contributed by atoms with E-state index in [0.717, 1.165) is 28.9 Å². The first-order valence-corrected chi connectivity index (χ1v) is 39.4. The summed E-state index contributed by atoms with van der Waals surface area (Å²) in [6.45, 7) is 16.1. The van der Waals surface area contributed by atoms with Gasteiger partial charge in [0.2, 0.25) is 45.6 Å². The predicted octanol–water partition coefficient (Wildman–Crippen LogP) is 20.8. The Morgan fingerprint density at radius 2 is 0.764 bits per heavy atom. The molecular formula is C88H81ClF9N19O9S. The highest BCUT2D eigenvalue weighted by Crippen LogP contribution is 2.40. The van der Waals surface area contributed by atoms with E-state index in [0.29, 0.717) is 92.5 Å². The Labute approximate surface area is 727 Å². The van der Waals surface area contributed by atoms with E-state index in [4.69, 9.17) is 31.0 Å². The molecule has 39 heteroatoms. The van der Waals surface area contributed by atoms with Gasteiger partial charge in [0, 0.05) is 112 Å². The molecule has 8 aromatic carbocycles. The zero-order chi connectivity index (χ0) is 92.3. The lowest BCUT2D eigenvalue weighted by Crippen LogP contribution is -2.19. The summed E-state index contributed by atoms with van der Waals surface area (Å²) in [5.41, 5.74) is 4.88. The molecule has 4 heterocycles. The van der Waals surface area contributed by atoms with Crippen molar-refractivity contribution in [3.05, 3.63) is 305 Å². The SMILES string of the molecule is C=CC(=O)NCc1cccc(Nc2nc(Nc3cccc(OC)c3)ncc2C(F)(F)F)c1.C=CC(=O)Nc1cc(Nc2nc(Nc3cccc(OC)c3)ncc2C(F)(F)F)ccc1Cl.CC(C)=CC(=O)c1cccc(Nc2nc(Nc3cccc(S(N)(=O)=O)c3)ncc2C)c1.COc1cccc(Nc2ncc(C(F)(F)F)c(Nc3cccc(C(=O)C=C(C)C)c3)n2)c1. The lowest BCUT2D eigenvalue weighted by atomic mass is 10.1. The number of benzene rings is 8. The summed E-state index contributed by atoms with van der Waals surface area (Å²) in [7, 11) is 0.690. The molecule has 0 bridgehead atoms. The number of primary sulfonamides is 1. The largest absolute Gasteiger partial charge is 0.497 e. The quantitative estimate of drug-likeness (QED) is 0.0118. The number of sulfonamides is 1. The summed E-state index contributed by atoms with van der Waals surface area (Å²) >= 11 is 6.04. The zero-order valence-electron chi connectivity index (χ0n) is 68.7. The Bertz CT molecular complexity index is 6180. The maximum Gasteiger partial charge on any atom is 0.421 e. The summed E-state index contributed by atoms with van der Waals surface area (Å²) in [6, 6.07) is 50.6. The standard InChI is InChI=1S/C23H21F3N4O2.C22H20F3N5O2.C22H23N5O3S.C21H17ClF3N5O2/c1-14(2)10-20(31)15-6-4-7-16(11-15)28-21-19(23(24,25)26)13-27-22(30-21)29-17-8-5-9-18(12-17)32-3;1-3-19(31)26-12-14-6-4-7-15(10-14)28-20-18(22(23,24)25)13-27-21(30-20)29-16-8-5-9-17(11-16)32-2;1-14(2)10-20(28)16-6-4-7-17(11-16)25-21-15(3)13-24-22(27-21)26-18-8-5-9-19(12-18)31(23,29)30;1-3-18(31)29-17-10-13(7-8-16(17)22)27-19-15(21(23,24)25)11-26-20(30-19)28-12-5-4-6-14(9-12)32-2/h4-13H,1-3H3,(H2,27,28,29,30);3-11,13H,1,12H2,2H3,(H,26,31)(H2,27,28,29,30);4-13H,1-3H3,(H2,23,29,30)(H2,24,25,26,27);3-11H,1H2,2H3,(H,29,31)(H2,26,27,28,30). The van der Waals surface area contributed by atoms with E-state index in [1.807, 2.05) is 26.8 Å². The summed E-state index contributed by atoms with van der Waals surface area (Å²) in [5, 5.41) is 33.2. The number of aromatic nitrogens is 8. The molecule has 0 aliphatic rings. The van der Waals surface area contributed by atoms with Gasteiger partial charge in [-0.05, 0) is 174 Å². The van der Waals surface area contributed by atoms with Gasteiger partial charge < -0.3 is 67.4 Å². The fourth-order valence-electron chi connectivity index (χ4n) is 10.9. The molecular weight excluding hydrogens is 1710 g/mol. The summed E-state index contributed by atoms with van der Waals surface area (Å²) < 4.78 is 160. The number of aryl methyl sites for hydroxylation is 1. The monoisotopic (exact) mass is 1790 g/mol. The number of nitrogens with two attached hydrogens (primary N) is 1. The van der Waals surface area contributed by atoms with Gasteiger partial charge >= 0.3 is 18.5 Å².